The van der Waals surface area contributed by atoms with Gasteiger partial charge in [0.25, 0.3) is 0 Å². The Bertz CT molecular complexity index is 2100. The third-order valence-corrected chi connectivity index (χ3v) is 8.59. The summed E-state index contributed by atoms with van der Waals surface area (Å²) in [6, 6.07) is 55.6. The fourth-order valence-corrected chi connectivity index (χ4v) is 6.00. The molecular weight excluding hydrogens is 603 g/mol. The molecule has 9 rings (SSSR count). The summed E-state index contributed by atoms with van der Waals surface area (Å²) < 4.78 is 0. The molecular formula is C42H27N7. The van der Waals surface area contributed by atoms with E-state index in [2.05, 4.69) is 72.8 Å². The van der Waals surface area contributed by atoms with Crippen LogP contribution in [0.3, 0.4) is 0 Å². The van der Waals surface area contributed by atoms with Crippen LogP contribution in [0.15, 0.2) is 194 Å². The third-order valence-electron chi connectivity index (χ3n) is 8.59. The molecule has 0 spiro atoms. The summed E-state index contributed by atoms with van der Waals surface area (Å²) in [5.41, 5.74) is 9.37. The maximum Gasteiger partial charge on any atom is 0.243 e. The minimum Gasteiger partial charge on any atom is -0.213 e. The van der Waals surface area contributed by atoms with Crippen molar-refractivity contribution in [1.29, 1.82) is 0 Å². The van der Waals surface area contributed by atoms with Crippen LogP contribution >= 0.6 is 0 Å². The van der Waals surface area contributed by atoms with Gasteiger partial charge in [-0.15, -0.1) is 0 Å². The van der Waals surface area contributed by atoms with Crippen molar-refractivity contribution < 1.29 is 0 Å². The summed E-state index contributed by atoms with van der Waals surface area (Å²) >= 11 is 0. The average Bonchev–Trinajstić information content (AvgIpc) is 3.19. The monoisotopic (exact) mass is 629 g/mol. The Morgan fingerprint density at radius 3 is 0.714 bits per heavy atom. The van der Waals surface area contributed by atoms with Gasteiger partial charge in [-0.3, -0.25) is 0 Å². The zero-order chi connectivity index (χ0) is 32.6. The lowest BCUT2D eigenvalue weighted by Gasteiger charge is -2.30. The van der Waals surface area contributed by atoms with Gasteiger partial charge in [0.05, 0.1) is 0 Å². The quantitative estimate of drug-likeness (QED) is 0.182. The van der Waals surface area contributed by atoms with Gasteiger partial charge in [0, 0.05) is 16.7 Å². The molecule has 0 bridgehead atoms. The van der Waals surface area contributed by atoms with E-state index < -0.39 is 0 Å². The Hall–Kier alpha value is -6.86. The first kappa shape index (κ1) is 28.4. The minimum atomic E-state index is 0.422. The first-order chi connectivity index (χ1) is 24.2. The Balaban J connectivity index is 1.12. The van der Waals surface area contributed by atoms with E-state index >= 15 is 0 Å². The van der Waals surface area contributed by atoms with Crippen LogP contribution < -0.4 is 0 Å². The van der Waals surface area contributed by atoms with Crippen molar-refractivity contribution >= 4 is 35.4 Å². The Morgan fingerprint density at radius 1 is 0.224 bits per heavy atom. The highest BCUT2D eigenvalue weighted by molar-refractivity contribution is 6.34. The summed E-state index contributed by atoms with van der Waals surface area (Å²) in [5, 5.41) is 0. The summed E-state index contributed by atoms with van der Waals surface area (Å²) in [6.45, 7) is 0. The van der Waals surface area contributed by atoms with Crippen LogP contribution in [0.25, 0.3) is 33.4 Å². The highest BCUT2D eigenvalue weighted by Gasteiger charge is 2.35. The fourth-order valence-electron chi connectivity index (χ4n) is 6.00. The van der Waals surface area contributed by atoms with E-state index in [-0.39, 0.29) is 0 Å². The first-order valence-corrected chi connectivity index (χ1v) is 16.1. The van der Waals surface area contributed by atoms with Crippen molar-refractivity contribution in [3.8, 4) is 33.4 Å². The van der Waals surface area contributed by atoms with Crippen LogP contribution in [0.1, 0.15) is 16.7 Å². The van der Waals surface area contributed by atoms with E-state index in [1.807, 2.05) is 91.0 Å². The predicted molar refractivity (Wildman–Crippen MR) is 199 cm³/mol. The summed E-state index contributed by atoms with van der Waals surface area (Å²) in [5.74, 6) is 2.83. The van der Waals surface area contributed by atoms with Gasteiger partial charge in [-0.05, 0) is 33.4 Å². The largest absolute Gasteiger partial charge is 0.243 e. The van der Waals surface area contributed by atoms with Crippen LogP contribution in [0.5, 0.6) is 0 Å². The minimum absolute atomic E-state index is 0.422. The molecule has 7 heteroatoms. The van der Waals surface area contributed by atoms with Gasteiger partial charge < -0.3 is 0 Å². The molecule has 7 nitrogen and oxygen atoms in total. The van der Waals surface area contributed by atoms with Crippen LogP contribution in [-0.4, -0.2) is 40.3 Å². The second kappa shape index (κ2) is 12.1. The zero-order valence-corrected chi connectivity index (χ0v) is 26.2. The SMILES string of the molecule is c1ccc(-c2ccc(C3=NC4=NC(c5ccc(-c6ccccc6)cc5)=NC5=NC(c6ccc(-c7ccccc7)cc6)=NC(=N3)N45)cc2)cc1. The van der Waals surface area contributed by atoms with Crippen LogP contribution in [0.2, 0.25) is 0 Å². The smallest absolute Gasteiger partial charge is 0.213 e. The van der Waals surface area contributed by atoms with Crippen molar-refractivity contribution in [2.45, 2.75) is 0 Å². The number of rotatable bonds is 6. The lowest BCUT2D eigenvalue weighted by Crippen LogP contribution is -2.48. The highest BCUT2D eigenvalue weighted by atomic mass is 15.5. The van der Waals surface area contributed by atoms with Gasteiger partial charge in [-0.1, -0.05) is 164 Å². The molecule has 49 heavy (non-hydrogen) atoms. The molecule has 0 radical (unpaired) electrons. The molecule has 3 aliphatic rings. The summed E-state index contributed by atoms with van der Waals surface area (Å²) in [7, 11) is 0. The predicted octanol–water partition coefficient (Wildman–Crippen LogP) is 8.74. The van der Waals surface area contributed by atoms with E-state index in [9.17, 15) is 0 Å². The number of guanidine groups is 3. The molecule has 0 aliphatic carbocycles. The van der Waals surface area contributed by atoms with E-state index in [4.69, 9.17) is 30.0 Å². The number of hydrogen-bond acceptors (Lipinski definition) is 7. The van der Waals surface area contributed by atoms with E-state index in [0.717, 1.165) is 50.1 Å². The van der Waals surface area contributed by atoms with Crippen molar-refractivity contribution in [3.05, 3.63) is 180 Å². The van der Waals surface area contributed by atoms with Crippen molar-refractivity contribution in [3.63, 3.8) is 0 Å². The number of benzene rings is 6. The molecule has 0 aromatic heterocycles. The van der Waals surface area contributed by atoms with Crippen molar-refractivity contribution in [2.75, 3.05) is 0 Å². The summed E-state index contributed by atoms with van der Waals surface area (Å²) in [6.07, 6.45) is 0. The third kappa shape index (κ3) is 5.49. The van der Waals surface area contributed by atoms with Gasteiger partial charge in [0.15, 0.2) is 17.5 Å². The number of amidine groups is 3. The number of aliphatic imine (C=N–C) groups is 6. The number of hydrogen-bond donors (Lipinski definition) is 0. The molecule has 0 N–H and O–H groups in total. The highest BCUT2D eigenvalue weighted by Crippen LogP contribution is 2.27. The van der Waals surface area contributed by atoms with Gasteiger partial charge in [0.2, 0.25) is 17.9 Å². The lowest BCUT2D eigenvalue weighted by atomic mass is 10.0. The second-order valence-corrected chi connectivity index (χ2v) is 11.7. The van der Waals surface area contributed by atoms with Gasteiger partial charge >= 0.3 is 0 Å². The Kier molecular flexibility index (Phi) is 6.98. The fraction of sp³-hybridized carbons (Fsp3) is 0. The van der Waals surface area contributed by atoms with E-state index in [1.165, 1.54) is 0 Å². The molecule has 3 aliphatic heterocycles. The standard InChI is InChI=1S/C42H27N7/c1-4-10-28(11-5-1)31-16-22-34(23-17-31)37-43-40-45-38(35-24-18-32(19-25-35)29-12-6-2-7-13-29)47-42-48-39(46-41(44-37)49(40)42)36-26-20-33(21-27-36)30-14-8-3-9-15-30/h1-27H. The van der Waals surface area contributed by atoms with Gasteiger partial charge in [-0.2, -0.15) is 30.0 Å². The van der Waals surface area contributed by atoms with Crippen LogP contribution in [0.4, 0.5) is 0 Å². The molecule has 0 saturated carbocycles. The molecule has 6 aromatic carbocycles. The lowest BCUT2D eigenvalue weighted by molar-refractivity contribution is 0.828. The molecule has 230 valence electrons. The van der Waals surface area contributed by atoms with Crippen LogP contribution in [-0.2, 0) is 0 Å². The molecule has 0 unspecified atom stereocenters. The maximum absolute atomic E-state index is 4.92. The normalized spacial score (nSPS) is 14.8. The Morgan fingerprint density at radius 2 is 0.449 bits per heavy atom. The van der Waals surface area contributed by atoms with Crippen LogP contribution in [0, 0.1) is 0 Å². The first-order valence-electron chi connectivity index (χ1n) is 16.1. The van der Waals surface area contributed by atoms with Gasteiger partial charge in [0.1, 0.15) is 0 Å². The molecule has 3 heterocycles. The zero-order valence-electron chi connectivity index (χ0n) is 26.2. The number of nitrogens with zero attached hydrogens (tertiary/aromatic N) is 7. The van der Waals surface area contributed by atoms with Crippen molar-refractivity contribution in [2.24, 2.45) is 30.0 Å². The van der Waals surface area contributed by atoms with Gasteiger partial charge in [-0.25, -0.2) is 4.90 Å². The Labute approximate surface area is 283 Å². The van der Waals surface area contributed by atoms with E-state index in [0.29, 0.717) is 35.4 Å². The molecule has 0 atom stereocenters. The average molecular weight is 630 g/mol. The topological polar surface area (TPSA) is 77.4 Å². The molecule has 0 amide bonds. The maximum atomic E-state index is 4.92. The molecule has 0 saturated heterocycles. The van der Waals surface area contributed by atoms with Crippen molar-refractivity contribution in [1.82, 2.24) is 4.90 Å². The molecule has 6 aromatic rings. The summed E-state index contributed by atoms with van der Waals surface area (Å²) in [4.78, 5) is 31.2. The second-order valence-electron chi connectivity index (χ2n) is 11.7. The van der Waals surface area contributed by atoms with E-state index in [1.54, 1.807) is 4.90 Å². The molecule has 0 fully saturated rings.